The third kappa shape index (κ3) is 5.97. The van der Waals surface area contributed by atoms with Crippen molar-refractivity contribution in [3.05, 3.63) is 29.3 Å². The lowest BCUT2D eigenvalue weighted by atomic mass is 10.2. The summed E-state index contributed by atoms with van der Waals surface area (Å²) in [7, 11) is -3.96. The molecule has 2 aromatic heterocycles. The largest absolute Gasteiger partial charge is 0.390 e. The topological polar surface area (TPSA) is 76.4 Å². The highest BCUT2D eigenvalue weighted by Gasteiger charge is 2.29. The van der Waals surface area contributed by atoms with Gasteiger partial charge in [0.05, 0.1) is 18.3 Å². The highest BCUT2D eigenvalue weighted by Crippen LogP contribution is 2.27. The van der Waals surface area contributed by atoms with E-state index in [4.69, 9.17) is 4.74 Å². The van der Waals surface area contributed by atoms with Gasteiger partial charge in [-0.15, -0.1) is 0 Å². The molecule has 0 spiro atoms. The molecule has 0 aliphatic carbocycles. The van der Waals surface area contributed by atoms with Crippen molar-refractivity contribution in [2.75, 3.05) is 12.9 Å². The van der Waals surface area contributed by atoms with E-state index < -0.39 is 34.8 Å². The maximum atomic E-state index is 14.8. The number of aliphatic hydroxyl groups is 1. The lowest BCUT2D eigenvalue weighted by Gasteiger charge is -2.36. The molecule has 0 aliphatic heterocycles. The summed E-state index contributed by atoms with van der Waals surface area (Å²) in [6.07, 6.45) is 1.68. The number of pyridine rings is 1. The lowest BCUT2D eigenvalue weighted by Crippen LogP contribution is -2.46. The molecule has 172 valence electrons. The van der Waals surface area contributed by atoms with Gasteiger partial charge in [-0.2, -0.15) is 0 Å². The third-order valence-electron chi connectivity index (χ3n) is 5.44. The number of aromatic nitrogens is 2. The van der Waals surface area contributed by atoms with E-state index in [1.807, 2.05) is 20.8 Å². The van der Waals surface area contributed by atoms with Crippen LogP contribution in [-0.4, -0.2) is 44.6 Å². The standard InChI is InChI=1S/C21H38FN3O3SSi/c1-15(24-29(5,27)21(2,3)4)19-18(22)12-16-11-17(13-26)25(20(16)23-19)14-28-9-10-30(6,7)8/h11-12,15,26,29H,9-10,13-14H2,1-8H3,(H,24,27)/t15-/m1/s1. The molecule has 0 bridgehead atoms. The molecular weight excluding hydrogens is 421 g/mol. The zero-order chi connectivity index (χ0) is 22.9. The van der Waals surface area contributed by atoms with Crippen LogP contribution in [0.1, 0.15) is 45.1 Å². The summed E-state index contributed by atoms with van der Waals surface area (Å²) >= 11 is 0. The van der Waals surface area contributed by atoms with Crippen LogP contribution < -0.4 is 4.72 Å². The number of hydrogen-bond acceptors (Lipinski definition) is 4. The van der Waals surface area contributed by atoms with Gasteiger partial charge in [-0.3, -0.25) is 8.93 Å². The predicted octanol–water partition coefficient (Wildman–Crippen LogP) is 3.99. The van der Waals surface area contributed by atoms with E-state index in [-0.39, 0.29) is 19.0 Å². The number of nitrogens with zero attached hydrogens (tertiary/aromatic N) is 2. The number of halogens is 1. The van der Waals surface area contributed by atoms with Crippen LogP contribution in [0, 0.1) is 5.82 Å². The Bertz CT molecular complexity index is 934. The first-order valence-corrected chi connectivity index (χ1v) is 16.2. The highest BCUT2D eigenvalue weighted by atomic mass is 32.3. The van der Waals surface area contributed by atoms with E-state index in [2.05, 4.69) is 29.3 Å². The number of rotatable bonds is 9. The van der Waals surface area contributed by atoms with Crippen LogP contribution in [0.2, 0.25) is 25.7 Å². The lowest BCUT2D eigenvalue weighted by molar-refractivity contribution is 0.0850. The molecule has 0 fully saturated rings. The third-order valence-corrected chi connectivity index (χ3v) is 10.6. The summed E-state index contributed by atoms with van der Waals surface area (Å²) in [5.41, 5.74) is 1.39. The second-order valence-electron chi connectivity index (χ2n) is 10.3. The van der Waals surface area contributed by atoms with Crippen molar-refractivity contribution < 1.29 is 18.4 Å². The minimum absolute atomic E-state index is 0.188. The monoisotopic (exact) mass is 459 g/mol. The van der Waals surface area contributed by atoms with Crippen LogP contribution in [0.3, 0.4) is 0 Å². The van der Waals surface area contributed by atoms with Crippen LogP contribution in [0.15, 0.2) is 12.1 Å². The van der Waals surface area contributed by atoms with Gasteiger partial charge in [-0.05, 0) is 45.9 Å². The molecule has 9 heteroatoms. The van der Waals surface area contributed by atoms with E-state index in [0.29, 0.717) is 23.3 Å². The molecule has 0 amide bonds. The van der Waals surface area contributed by atoms with Gasteiger partial charge in [0.25, 0.3) is 0 Å². The Morgan fingerprint density at radius 1 is 1.33 bits per heavy atom. The fourth-order valence-electron chi connectivity index (χ4n) is 2.96. The number of nitrogens with one attached hydrogen (secondary N) is 1. The van der Waals surface area contributed by atoms with Crippen molar-refractivity contribution >= 4 is 29.2 Å². The molecule has 0 saturated heterocycles. The molecular formula is C21H38FN3O3SSi. The van der Waals surface area contributed by atoms with Crippen LogP contribution in [0.4, 0.5) is 4.39 Å². The van der Waals surface area contributed by atoms with Gasteiger partial charge in [0.15, 0.2) is 0 Å². The first-order chi connectivity index (χ1) is 13.7. The number of aliphatic hydroxyl groups excluding tert-OH is 1. The molecule has 1 atom stereocenters. The molecule has 2 heterocycles. The zero-order valence-electron chi connectivity index (χ0n) is 19.5. The van der Waals surface area contributed by atoms with Gasteiger partial charge in [0.2, 0.25) is 0 Å². The summed E-state index contributed by atoms with van der Waals surface area (Å²) in [4.78, 5) is 4.56. The Kier molecular flexibility index (Phi) is 7.67. The highest BCUT2D eigenvalue weighted by molar-refractivity contribution is 8.01. The molecule has 0 aromatic carbocycles. The van der Waals surface area contributed by atoms with Crippen molar-refractivity contribution in [1.82, 2.24) is 14.3 Å². The second-order valence-corrected chi connectivity index (χ2v) is 19.4. The van der Waals surface area contributed by atoms with Crippen LogP contribution in [-0.2, 0) is 28.2 Å². The van der Waals surface area contributed by atoms with Gasteiger partial charge in [-0.25, -0.2) is 9.37 Å². The molecule has 6 nitrogen and oxygen atoms in total. The molecule has 2 N–H and O–H groups in total. The average Bonchev–Trinajstić information content (AvgIpc) is 2.92. The Morgan fingerprint density at radius 3 is 2.50 bits per heavy atom. The Labute approximate surface area is 181 Å². The summed E-state index contributed by atoms with van der Waals surface area (Å²) in [5.74, 6) is -0.460. The molecule has 0 unspecified atom stereocenters. The summed E-state index contributed by atoms with van der Waals surface area (Å²) in [6.45, 7) is 15.0. The van der Waals surface area contributed by atoms with Gasteiger partial charge >= 0.3 is 0 Å². The number of fused-ring (bicyclic) bond motifs is 1. The van der Waals surface area contributed by atoms with Gasteiger partial charge in [-0.1, -0.05) is 29.8 Å². The van der Waals surface area contributed by atoms with Gasteiger partial charge < -0.3 is 14.4 Å². The Morgan fingerprint density at radius 2 is 1.97 bits per heavy atom. The van der Waals surface area contributed by atoms with Crippen molar-refractivity contribution in [2.45, 2.75) is 77.5 Å². The van der Waals surface area contributed by atoms with E-state index >= 15 is 0 Å². The molecule has 0 radical (unpaired) electrons. The quantitative estimate of drug-likeness (QED) is 0.301. The number of thiol groups is 1. The minimum Gasteiger partial charge on any atom is -0.390 e. The SMILES string of the molecule is C[C@@H](N[SH](C)(=O)C(C)(C)C)c1nc2c(cc1F)cc(CO)n2COCC[Si](C)(C)C. The zero-order valence-corrected chi connectivity index (χ0v) is 21.4. The Balaban J connectivity index is 2.34. The van der Waals surface area contributed by atoms with Gasteiger partial charge in [0, 0.05) is 36.8 Å². The van der Waals surface area contributed by atoms with Crippen molar-refractivity contribution in [2.24, 2.45) is 0 Å². The molecule has 0 saturated carbocycles. The first-order valence-electron chi connectivity index (χ1n) is 10.4. The van der Waals surface area contributed by atoms with E-state index in [1.165, 1.54) is 6.07 Å². The van der Waals surface area contributed by atoms with E-state index in [0.717, 1.165) is 6.04 Å². The average molecular weight is 460 g/mol. The van der Waals surface area contributed by atoms with E-state index in [1.54, 1.807) is 23.8 Å². The normalized spacial score (nSPS) is 15.0. The summed E-state index contributed by atoms with van der Waals surface area (Å²) < 4.78 is 38.2. The van der Waals surface area contributed by atoms with Crippen molar-refractivity contribution in [3.8, 4) is 0 Å². The van der Waals surface area contributed by atoms with Crippen LogP contribution in [0.5, 0.6) is 0 Å². The Hall–Kier alpha value is -1.13. The van der Waals surface area contributed by atoms with Crippen molar-refractivity contribution in [1.29, 1.82) is 0 Å². The first kappa shape index (κ1) is 25.1. The van der Waals surface area contributed by atoms with Crippen LogP contribution >= 0.6 is 0 Å². The van der Waals surface area contributed by atoms with Crippen LogP contribution in [0.25, 0.3) is 11.0 Å². The number of ether oxygens (including phenoxy) is 1. The molecule has 2 rings (SSSR count). The fourth-order valence-corrected chi connectivity index (χ4v) is 4.97. The predicted molar refractivity (Wildman–Crippen MR) is 126 cm³/mol. The fraction of sp³-hybridized carbons (Fsp3) is 0.667. The van der Waals surface area contributed by atoms with Gasteiger partial charge in [0.1, 0.15) is 18.2 Å². The van der Waals surface area contributed by atoms with E-state index in [9.17, 15) is 13.7 Å². The number of hydrogen-bond donors (Lipinski definition) is 3. The maximum absolute atomic E-state index is 14.8. The molecule has 30 heavy (non-hydrogen) atoms. The molecule has 0 aliphatic rings. The van der Waals surface area contributed by atoms with Crippen molar-refractivity contribution in [3.63, 3.8) is 0 Å². The second kappa shape index (κ2) is 9.16. The molecule has 2 aromatic rings. The summed E-state index contributed by atoms with van der Waals surface area (Å²) in [5, 5.41) is 10.4. The summed E-state index contributed by atoms with van der Waals surface area (Å²) in [6, 6.07) is 3.66. The minimum atomic E-state index is -2.75. The smallest absolute Gasteiger partial charge is 0.147 e. The maximum Gasteiger partial charge on any atom is 0.147 e.